The van der Waals surface area contributed by atoms with Crippen molar-refractivity contribution in [1.82, 2.24) is 25.4 Å². The molecule has 7 rings (SSSR count). The van der Waals surface area contributed by atoms with Crippen molar-refractivity contribution in [3.63, 3.8) is 0 Å². The van der Waals surface area contributed by atoms with E-state index in [-0.39, 0.29) is 18.1 Å². The number of nitrogens with one attached hydrogen (secondary N) is 2. The smallest absolute Gasteiger partial charge is 0.251 e. The third-order valence-corrected chi connectivity index (χ3v) is 9.47. The first-order chi connectivity index (χ1) is 19.6. The number of piperidine rings is 1. The van der Waals surface area contributed by atoms with E-state index in [0.29, 0.717) is 23.6 Å². The minimum atomic E-state index is -0.0805. The van der Waals surface area contributed by atoms with Crippen LogP contribution in [0, 0.1) is 5.92 Å². The molecule has 4 heterocycles. The molecule has 0 radical (unpaired) electrons. The van der Waals surface area contributed by atoms with Gasteiger partial charge in [0.25, 0.3) is 5.91 Å². The van der Waals surface area contributed by atoms with Gasteiger partial charge in [-0.25, -0.2) is 0 Å². The van der Waals surface area contributed by atoms with Gasteiger partial charge in [-0.15, -0.1) is 0 Å². The summed E-state index contributed by atoms with van der Waals surface area (Å²) in [6, 6.07) is 21.2. The predicted octanol–water partition coefficient (Wildman–Crippen LogP) is 6.29. The van der Waals surface area contributed by atoms with E-state index in [1.807, 2.05) is 48.5 Å². The number of aromatic amines is 1. The van der Waals surface area contributed by atoms with E-state index in [4.69, 9.17) is 4.74 Å². The number of pyridine rings is 1. The van der Waals surface area contributed by atoms with Gasteiger partial charge < -0.3 is 15.0 Å². The zero-order chi connectivity index (χ0) is 27.1. The maximum atomic E-state index is 13.5. The van der Waals surface area contributed by atoms with E-state index in [2.05, 4.69) is 44.6 Å². The fraction of sp³-hybridized carbons (Fsp3) is 0.424. The summed E-state index contributed by atoms with van der Waals surface area (Å²) in [6.45, 7) is 0. The Labute approximate surface area is 235 Å². The number of carbonyl (C=O) groups excluding carboxylic acids is 1. The fourth-order valence-electron chi connectivity index (χ4n) is 7.23. The van der Waals surface area contributed by atoms with Crippen molar-refractivity contribution < 1.29 is 9.53 Å². The van der Waals surface area contributed by atoms with Gasteiger partial charge in [0, 0.05) is 34.8 Å². The molecule has 7 nitrogen and oxygen atoms in total. The van der Waals surface area contributed by atoms with E-state index in [0.717, 1.165) is 59.3 Å². The molecule has 2 N–H and O–H groups in total. The summed E-state index contributed by atoms with van der Waals surface area (Å²) in [5.41, 5.74) is 4.31. The summed E-state index contributed by atoms with van der Waals surface area (Å²) >= 11 is 0. The number of aromatic nitrogens is 3. The van der Waals surface area contributed by atoms with Crippen molar-refractivity contribution in [2.24, 2.45) is 5.92 Å². The van der Waals surface area contributed by atoms with Crippen LogP contribution in [0.1, 0.15) is 73.5 Å². The van der Waals surface area contributed by atoms with Gasteiger partial charge in [-0.05, 0) is 106 Å². The van der Waals surface area contributed by atoms with Crippen molar-refractivity contribution >= 4 is 16.8 Å². The highest BCUT2D eigenvalue weighted by Gasteiger charge is 2.39. The number of fused-ring (bicyclic) bond motifs is 3. The Hall–Kier alpha value is -3.71. The average Bonchev–Trinajstić information content (AvgIpc) is 3.71. The number of hydrogen-bond acceptors (Lipinski definition) is 5. The van der Waals surface area contributed by atoms with E-state index < -0.39 is 0 Å². The summed E-state index contributed by atoms with van der Waals surface area (Å²) in [6.07, 6.45) is 11.5. The molecule has 3 fully saturated rings. The van der Waals surface area contributed by atoms with Crippen LogP contribution in [0.2, 0.25) is 0 Å². The Bertz CT molecular complexity index is 1460. The molecule has 2 saturated heterocycles. The summed E-state index contributed by atoms with van der Waals surface area (Å²) < 4.78 is 6.40. The minimum absolute atomic E-state index is 0.0764. The van der Waals surface area contributed by atoms with Gasteiger partial charge in [0.2, 0.25) is 0 Å². The van der Waals surface area contributed by atoms with Crippen LogP contribution < -0.4 is 10.1 Å². The number of nitrogens with zero attached hydrogens (tertiary/aromatic N) is 3. The van der Waals surface area contributed by atoms with Crippen LogP contribution in [-0.2, 0) is 0 Å². The second kappa shape index (κ2) is 10.7. The molecule has 40 heavy (non-hydrogen) atoms. The third-order valence-electron chi connectivity index (χ3n) is 9.47. The molecule has 1 aliphatic carbocycles. The molecular weight excluding hydrogens is 498 g/mol. The van der Waals surface area contributed by atoms with Gasteiger partial charge in [-0.2, -0.15) is 5.10 Å². The maximum Gasteiger partial charge on any atom is 0.251 e. The van der Waals surface area contributed by atoms with Crippen LogP contribution in [0.3, 0.4) is 0 Å². The second-order valence-corrected chi connectivity index (χ2v) is 11.9. The lowest BCUT2D eigenvalue weighted by atomic mass is 9.94. The highest BCUT2D eigenvalue weighted by molar-refractivity contribution is 6.01. The molecular formula is C33H37N5O2. The minimum Gasteiger partial charge on any atom is -0.490 e. The summed E-state index contributed by atoms with van der Waals surface area (Å²) in [5.74, 6) is 1.25. The van der Waals surface area contributed by atoms with Gasteiger partial charge in [0.15, 0.2) is 0 Å². The molecule has 2 aromatic heterocycles. The van der Waals surface area contributed by atoms with E-state index in [9.17, 15) is 4.79 Å². The summed E-state index contributed by atoms with van der Waals surface area (Å²) in [5, 5.41) is 12.0. The lowest BCUT2D eigenvalue weighted by molar-refractivity contribution is 0.0662. The standard InChI is InChI=1S/C33H37N5O2/c1-38-24-12-13-25(38)20-27(19-24)40-26-14-9-22(10-15-26)31-28-18-23(11-16-29(28)36-37-31)33(39)35-32(21-6-2-3-7-21)30-8-4-5-17-34-30/h4-5,8-11,14-18,21,24-25,27,32H,2-3,6-7,12-13,19-20H2,1H3,(H,35,39)(H,36,37)/t24-,25+,27-,32?. The Balaban J connectivity index is 1.09. The molecule has 4 aromatic rings. The first-order valence-electron chi connectivity index (χ1n) is 14.8. The van der Waals surface area contributed by atoms with Crippen molar-refractivity contribution in [2.45, 2.75) is 75.6 Å². The van der Waals surface area contributed by atoms with E-state index in [1.54, 1.807) is 6.20 Å². The Morgan fingerprint density at radius 3 is 2.50 bits per heavy atom. The Morgan fingerprint density at radius 1 is 1.00 bits per heavy atom. The van der Waals surface area contributed by atoms with Crippen LogP contribution in [0.5, 0.6) is 5.75 Å². The molecule has 1 unspecified atom stereocenters. The maximum absolute atomic E-state index is 13.5. The first-order valence-corrected chi connectivity index (χ1v) is 14.8. The molecule has 2 aliphatic heterocycles. The third kappa shape index (κ3) is 4.87. The highest BCUT2D eigenvalue weighted by atomic mass is 16.5. The topological polar surface area (TPSA) is 83.1 Å². The normalized spacial score (nSPS) is 23.9. The highest BCUT2D eigenvalue weighted by Crippen LogP contribution is 2.37. The molecule has 7 heteroatoms. The van der Waals surface area contributed by atoms with Gasteiger partial charge in [0.1, 0.15) is 11.9 Å². The van der Waals surface area contributed by atoms with Gasteiger partial charge in [0.05, 0.1) is 22.9 Å². The number of H-pyrrole nitrogens is 1. The fourth-order valence-corrected chi connectivity index (χ4v) is 7.23. The molecule has 3 aliphatic rings. The first kappa shape index (κ1) is 25.3. The zero-order valence-corrected chi connectivity index (χ0v) is 23.1. The number of carbonyl (C=O) groups is 1. The zero-order valence-electron chi connectivity index (χ0n) is 23.1. The van der Waals surface area contributed by atoms with Crippen LogP contribution in [0.25, 0.3) is 22.2 Å². The molecule has 1 amide bonds. The molecule has 1 saturated carbocycles. The van der Waals surface area contributed by atoms with Crippen molar-refractivity contribution in [3.8, 4) is 17.0 Å². The number of ether oxygens (including phenoxy) is 1. The van der Waals surface area contributed by atoms with E-state index in [1.165, 1.54) is 25.7 Å². The van der Waals surface area contributed by atoms with Gasteiger partial charge in [-0.1, -0.05) is 18.9 Å². The number of amides is 1. The molecule has 2 bridgehead atoms. The van der Waals surface area contributed by atoms with Gasteiger partial charge >= 0.3 is 0 Å². The quantitative estimate of drug-likeness (QED) is 0.291. The molecule has 2 aromatic carbocycles. The SMILES string of the molecule is CN1[C@@H]2CC[C@H]1C[C@H](Oc1ccc(-c3n[nH]c4ccc(C(=O)NC(c5ccccn5)C5CCCC5)cc34)cc1)C2. The summed E-state index contributed by atoms with van der Waals surface area (Å²) in [7, 11) is 2.26. The van der Waals surface area contributed by atoms with Crippen LogP contribution in [-0.4, -0.2) is 51.2 Å². The van der Waals surface area contributed by atoms with Crippen molar-refractivity contribution in [2.75, 3.05) is 7.05 Å². The monoisotopic (exact) mass is 535 g/mol. The van der Waals surface area contributed by atoms with Crippen molar-refractivity contribution in [3.05, 3.63) is 78.1 Å². The summed E-state index contributed by atoms with van der Waals surface area (Å²) in [4.78, 5) is 20.6. The lowest BCUT2D eigenvalue weighted by Crippen LogP contribution is -2.43. The van der Waals surface area contributed by atoms with Crippen molar-refractivity contribution in [1.29, 1.82) is 0 Å². The van der Waals surface area contributed by atoms with Gasteiger partial charge in [-0.3, -0.25) is 14.9 Å². The molecule has 206 valence electrons. The lowest BCUT2D eigenvalue weighted by Gasteiger charge is -2.36. The predicted molar refractivity (Wildman–Crippen MR) is 156 cm³/mol. The average molecular weight is 536 g/mol. The van der Waals surface area contributed by atoms with Crippen LogP contribution in [0.15, 0.2) is 66.9 Å². The second-order valence-electron chi connectivity index (χ2n) is 11.9. The number of hydrogen-bond donors (Lipinski definition) is 2. The van der Waals surface area contributed by atoms with E-state index >= 15 is 0 Å². The molecule has 0 spiro atoms. The van der Waals surface area contributed by atoms with Crippen LogP contribution in [0.4, 0.5) is 0 Å². The Kier molecular flexibility index (Phi) is 6.76. The number of benzene rings is 2. The number of rotatable bonds is 7. The molecule has 4 atom stereocenters. The Morgan fingerprint density at radius 2 is 1.77 bits per heavy atom. The van der Waals surface area contributed by atoms with Crippen LogP contribution >= 0.6 is 0 Å². The largest absolute Gasteiger partial charge is 0.490 e.